The lowest BCUT2D eigenvalue weighted by atomic mass is 10.0. The zero-order valence-corrected chi connectivity index (χ0v) is 18.4. The predicted molar refractivity (Wildman–Crippen MR) is 129 cm³/mol. The number of hydrogen-bond donors (Lipinski definition) is 1. The summed E-state index contributed by atoms with van der Waals surface area (Å²) in [5.41, 5.74) is 3.96. The molecule has 1 aliphatic rings. The molecule has 1 aromatic carbocycles. The maximum Gasteiger partial charge on any atom is 0.174 e. The summed E-state index contributed by atoms with van der Waals surface area (Å²) in [5, 5.41) is 4.15. The van der Waals surface area contributed by atoms with Gasteiger partial charge in [0.1, 0.15) is 11.8 Å². The van der Waals surface area contributed by atoms with E-state index < -0.39 is 0 Å². The van der Waals surface area contributed by atoms with Gasteiger partial charge in [0, 0.05) is 24.3 Å². The molecule has 32 heavy (non-hydrogen) atoms. The molecule has 0 amide bonds. The highest BCUT2D eigenvalue weighted by atomic mass is 32.1. The van der Waals surface area contributed by atoms with Crippen molar-refractivity contribution in [1.82, 2.24) is 19.9 Å². The number of benzene rings is 1. The van der Waals surface area contributed by atoms with E-state index in [1.807, 2.05) is 73.1 Å². The number of thiocarbonyl (C=S) groups is 1. The molecule has 0 unspecified atom stereocenters. The summed E-state index contributed by atoms with van der Waals surface area (Å²) in [6.07, 6.45) is 5.72. The number of ether oxygens (including phenoxy) is 1. The van der Waals surface area contributed by atoms with E-state index in [4.69, 9.17) is 17.0 Å². The Morgan fingerprint density at radius 3 is 2.47 bits per heavy atom. The Hall–Kier alpha value is -3.71. The lowest BCUT2D eigenvalue weighted by Crippen LogP contribution is -2.30. The van der Waals surface area contributed by atoms with Gasteiger partial charge in [-0.25, -0.2) is 0 Å². The first-order valence-corrected chi connectivity index (χ1v) is 10.9. The average molecular weight is 442 g/mol. The van der Waals surface area contributed by atoms with Gasteiger partial charge in [0.05, 0.1) is 36.8 Å². The van der Waals surface area contributed by atoms with E-state index in [-0.39, 0.29) is 12.1 Å². The Kier molecular flexibility index (Phi) is 5.56. The number of anilines is 1. The summed E-state index contributed by atoms with van der Waals surface area (Å²) in [6, 6.07) is 23.9. The molecule has 0 spiro atoms. The smallest absolute Gasteiger partial charge is 0.174 e. The summed E-state index contributed by atoms with van der Waals surface area (Å²) in [5.74, 6) is 0.770. The van der Waals surface area contributed by atoms with Crippen LogP contribution in [0.3, 0.4) is 0 Å². The van der Waals surface area contributed by atoms with Crippen molar-refractivity contribution in [1.29, 1.82) is 0 Å². The minimum Gasteiger partial charge on any atom is -0.495 e. The largest absolute Gasteiger partial charge is 0.495 e. The number of nitrogens with zero attached hydrogens (tertiary/aromatic N) is 4. The number of aromatic nitrogens is 3. The van der Waals surface area contributed by atoms with Gasteiger partial charge >= 0.3 is 0 Å². The van der Waals surface area contributed by atoms with Crippen LogP contribution in [0.5, 0.6) is 5.75 Å². The minimum atomic E-state index is -0.119. The Morgan fingerprint density at radius 2 is 1.72 bits per heavy atom. The molecular formula is C25H23N5OS. The third-order valence-corrected chi connectivity index (χ3v) is 5.98. The molecule has 0 radical (unpaired) electrons. The fourth-order valence-corrected chi connectivity index (χ4v) is 4.59. The summed E-state index contributed by atoms with van der Waals surface area (Å²) in [6.45, 7) is 0.668. The van der Waals surface area contributed by atoms with Crippen LogP contribution in [0.1, 0.15) is 29.2 Å². The first kappa shape index (κ1) is 20.2. The molecule has 1 saturated heterocycles. The summed E-state index contributed by atoms with van der Waals surface area (Å²) < 4.78 is 7.90. The minimum absolute atomic E-state index is 0.118. The fraction of sp³-hybridized carbons (Fsp3) is 0.160. The van der Waals surface area contributed by atoms with Crippen LogP contribution in [0.15, 0.2) is 91.4 Å². The topological polar surface area (TPSA) is 55.2 Å². The molecule has 3 aromatic heterocycles. The Labute approximate surface area is 192 Å². The fourth-order valence-electron chi connectivity index (χ4n) is 4.25. The molecule has 4 aromatic rings. The molecule has 160 valence electrons. The van der Waals surface area contributed by atoms with E-state index in [9.17, 15) is 0 Å². The molecule has 0 aliphatic carbocycles. The van der Waals surface area contributed by atoms with Crippen LogP contribution in [-0.4, -0.2) is 26.8 Å². The SMILES string of the molecule is COc1ccccc1N1C(=S)N[C@H](c2ccccn2)[C@@H]1c1cccn1Cc1ccccn1. The molecule has 6 nitrogen and oxygen atoms in total. The number of rotatable bonds is 6. The molecule has 4 heterocycles. The van der Waals surface area contributed by atoms with Crippen LogP contribution in [0.4, 0.5) is 5.69 Å². The lowest BCUT2D eigenvalue weighted by Gasteiger charge is -2.29. The number of para-hydroxylation sites is 2. The van der Waals surface area contributed by atoms with Gasteiger partial charge in [-0.1, -0.05) is 24.3 Å². The molecule has 2 atom stereocenters. The van der Waals surface area contributed by atoms with Crippen LogP contribution in [0.25, 0.3) is 0 Å². The Morgan fingerprint density at radius 1 is 0.938 bits per heavy atom. The average Bonchev–Trinajstić information content (AvgIpc) is 3.43. The third kappa shape index (κ3) is 3.71. The van der Waals surface area contributed by atoms with Gasteiger partial charge < -0.3 is 19.5 Å². The van der Waals surface area contributed by atoms with Gasteiger partial charge in [0.25, 0.3) is 0 Å². The van der Waals surface area contributed by atoms with Crippen LogP contribution in [-0.2, 0) is 6.54 Å². The normalized spacial score (nSPS) is 17.9. The number of pyridine rings is 2. The van der Waals surface area contributed by atoms with E-state index in [0.29, 0.717) is 11.7 Å². The number of hydrogen-bond acceptors (Lipinski definition) is 4. The van der Waals surface area contributed by atoms with Crippen molar-refractivity contribution >= 4 is 23.0 Å². The second kappa shape index (κ2) is 8.80. The molecule has 0 bridgehead atoms. The monoisotopic (exact) mass is 441 g/mol. The highest BCUT2D eigenvalue weighted by molar-refractivity contribution is 7.80. The van der Waals surface area contributed by atoms with Crippen molar-refractivity contribution in [2.24, 2.45) is 0 Å². The van der Waals surface area contributed by atoms with E-state index >= 15 is 0 Å². The van der Waals surface area contributed by atoms with E-state index in [1.165, 1.54) is 0 Å². The highest BCUT2D eigenvalue weighted by Crippen LogP contribution is 2.44. The predicted octanol–water partition coefficient (Wildman–Crippen LogP) is 4.51. The van der Waals surface area contributed by atoms with Gasteiger partial charge in [-0.2, -0.15) is 0 Å². The molecule has 1 fully saturated rings. The molecule has 1 aliphatic heterocycles. The van der Waals surface area contributed by atoms with Crippen LogP contribution in [0.2, 0.25) is 0 Å². The molecule has 0 saturated carbocycles. The van der Waals surface area contributed by atoms with Crippen LogP contribution in [0, 0.1) is 0 Å². The summed E-state index contributed by atoms with van der Waals surface area (Å²) in [4.78, 5) is 11.3. The van der Waals surface area contributed by atoms with Crippen molar-refractivity contribution in [2.45, 2.75) is 18.6 Å². The van der Waals surface area contributed by atoms with Gasteiger partial charge in [0.2, 0.25) is 0 Å². The van der Waals surface area contributed by atoms with Crippen LogP contribution < -0.4 is 15.0 Å². The van der Waals surface area contributed by atoms with Crippen molar-refractivity contribution in [3.05, 3.63) is 108 Å². The van der Waals surface area contributed by atoms with Crippen LogP contribution >= 0.6 is 12.2 Å². The first-order chi connectivity index (χ1) is 15.8. The van der Waals surface area contributed by atoms with Gasteiger partial charge in [0.15, 0.2) is 5.11 Å². The zero-order chi connectivity index (χ0) is 21.9. The Bertz CT molecular complexity index is 1210. The molecular weight excluding hydrogens is 418 g/mol. The number of nitrogens with one attached hydrogen (secondary N) is 1. The van der Waals surface area contributed by atoms with Crippen molar-refractivity contribution in [2.75, 3.05) is 12.0 Å². The van der Waals surface area contributed by atoms with Crippen molar-refractivity contribution < 1.29 is 4.74 Å². The maximum absolute atomic E-state index is 5.84. The maximum atomic E-state index is 5.84. The second-order valence-electron chi connectivity index (χ2n) is 7.55. The lowest BCUT2D eigenvalue weighted by molar-refractivity contribution is 0.414. The molecule has 7 heteroatoms. The van der Waals surface area contributed by atoms with E-state index in [1.54, 1.807) is 7.11 Å². The number of methoxy groups -OCH3 is 1. The van der Waals surface area contributed by atoms with Gasteiger partial charge in [-0.15, -0.1) is 0 Å². The Balaban J connectivity index is 1.63. The quantitative estimate of drug-likeness (QED) is 0.444. The van der Waals surface area contributed by atoms with Gasteiger partial charge in [-0.3, -0.25) is 9.97 Å². The van der Waals surface area contributed by atoms with Crippen molar-refractivity contribution in [3.63, 3.8) is 0 Å². The zero-order valence-electron chi connectivity index (χ0n) is 17.6. The van der Waals surface area contributed by atoms with Gasteiger partial charge in [-0.05, 0) is 60.7 Å². The molecule has 5 rings (SSSR count). The summed E-state index contributed by atoms with van der Waals surface area (Å²) in [7, 11) is 1.68. The summed E-state index contributed by atoms with van der Waals surface area (Å²) >= 11 is 5.84. The van der Waals surface area contributed by atoms with E-state index in [2.05, 4.69) is 43.1 Å². The van der Waals surface area contributed by atoms with Crippen molar-refractivity contribution in [3.8, 4) is 5.75 Å². The highest BCUT2D eigenvalue weighted by Gasteiger charge is 2.42. The third-order valence-electron chi connectivity index (χ3n) is 5.67. The van der Waals surface area contributed by atoms with E-state index in [0.717, 1.165) is 28.5 Å². The first-order valence-electron chi connectivity index (χ1n) is 10.4. The second-order valence-corrected chi connectivity index (χ2v) is 7.94. The molecule has 1 N–H and O–H groups in total. The standard InChI is InChI=1S/C25H23N5OS/c1-31-22-13-3-2-11-20(22)30-24(23(28-25(30)32)19-10-5-7-15-27-19)21-12-8-16-29(21)17-18-9-4-6-14-26-18/h2-16,23-24H,17H2,1H3,(H,28,32)/t23-,24+/m1/s1.